The number of likely N-dealkylation sites (N-methyl/N-ethyl adjacent to an activating group) is 1. The van der Waals surface area contributed by atoms with Gasteiger partial charge in [0.2, 0.25) is 5.88 Å². The molecule has 1 aliphatic rings. The molecule has 0 fully saturated rings. The summed E-state index contributed by atoms with van der Waals surface area (Å²) in [4.78, 5) is 33.9. The highest BCUT2D eigenvalue weighted by atomic mass is 19.1. The number of carbonyl (C=O) groups excluding carboxylic acids is 2. The van der Waals surface area contributed by atoms with Crippen LogP contribution in [0.1, 0.15) is 34.6 Å². The maximum atomic E-state index is 13.8. The minimum Gasteiger partial charge on any atom is -0.472 e. The van der Waals surface area contributed by atoms with E-state index in [0.717, 1.165) is 0 Å². The molecule has 3 aromatic rings. The van der Waals surface area contributed by atoms with Gasteiger partial charge in [-0.15, -0.1) is 0 Å². The summed E-state index contributed by atoms with van der Waals surface area (Å²) in [6.45, 7) is 3.80. The van der Waals surface area contributed by atoms with Crippen molar-refractivity contribution in [3.05, 3.63) is 83.6 Å². The van der Waals surface area contributed by atoms with Crippen LogP contribution in [-0.2, 0) is 0 Å². The molecule has 3 atom stereocenters. The van der Waals surface area contributed by atoms with Gasteiger partial charge in [-0.25, -0.2) is 13.8 Å². The van der Waals surface area contributed by atoms with E-state index in [1.165, 1.54) is 41.4 Å². The van der Waals surface area contributed by atoms with Gasteiger partial charge in [0.25, 0.3) is 11.8 Å². The number of hydrogen-bond donors (Lipinski definition) is 1. The maximum absolute atomic E-state index is 13.8. The molecule has 0 unspecified atom stereocenters. The number of benzene rings is 2. The monoisotopic (exact) mass is 509 g/mol. The molecule has 7 nitrogen and oxygen atoms in total. The van der Waals surface area contributed by atoms with E-state index in [9.17, 15) is 23.5 Å². The molecule has 37 heavy (non-hydrogen) atoms. The van der Waals surface area contributed by atoms with Gasteiger partial charge in [-0.2, -0.15) is 0 Å². The first-order valence-electron chi connectivity index (χ1n) is 12.0. The normalized spacial score (nSPS) is 18.3. The molecule has 0 saturated heterocycles. The van der Waals surface area contributed by atoms with Crippen molar-refractivity contribution in [2.24, 2.45) is 5.92 Å². The van der Waals surface area contributed by atoms with Crippen LogP contribution in [0.5, 0.6) is 5.88 Å². The Kier molecular flexibility index (Phi) is 7.83. The lowest BCUT2D eigenvalue weighted by Crippen LogP contribution is -2.50. The molecule has 0 radical (unpaired) electrons. The Morgan fingerprint density at radius 1 is 1.16 bits per heavy atom. The lowest BCUT2D eigenvalue weighted by molar-refractivity contribution is 0.0313. The van der Waals surface area contributed by atoms with Crippen molar-refractivity contribution in [1.29, 1.82) is 0 Å². The number of aromatic nitrogens is 1. The van der Waals surface area contributed by atoms with Crippen molar-refractivity contribution in [1.82, 2.24) is 14.8 Å². The highest BCUT2D eigenvalue weighted by Crippen LogP contribution is 2.30. The van der Waals surface area contributed by atoms with E-state index in [0.29, 0.717) is 11.1 Å². The SMILES string of the molecule is C[C@@H]1CN([C@H](C)CO)C(=O)c2cc(-c3cccc(F)c3)cnc2O[C@@H]1CN(C)C(=O)c1cccc(F)c1. The number of aliphatic hydroxyl groups is 1. The second kappa shape index (κ2) is 11.0. The third kappa shape index (κ3) is 5.77. The molecule has 4 rings (SSSR count). The van der Waals surface area contributed by atoms with Gasteiger partial charge in [0.15, 0.2) is 0 Å². The van der Waals surface area contributed by atoms with Crippen LogP contribution in [0.25, 0.3) is 11.1 Å². The molecule has 1 aliphatic heterocycles. The number of ether oxygens (including phenoxy) is 1. The summed E-state index contributed by atoms with van der Waals surface area (Å²) >= 11 is 0. The van der Waals surface area contributed by atoms with E-state index < -0.39 is 23.8 Å². The number of pyridine rings is 1. The Balaban J connectivity index is 1.68. The van der Waals surface area contributed by atoms with E-state index in [-0.39, 0.29) is 54.4 Å². The van der Waals surface area contributed by atoms with Crippen molar-refractivity contribution in [2.45, 2.75) is 26.0 Å². The highest BCUT2D eigenvalue weighted by Gasteiger charge is 2.35. The quantitative estimate of drug-likeness (QED) is 0.543. The second-order valence-corrected chi connectivity index (χ2v) is 9.41. The summed E-state index contributed by atoms with van der Waals surface area (Å²) in [6, 6.07) is 12.5. The van der Waals surface area contributed by atoms with E-state index in [1.807, 2.05) is 6.92 Å². The van der Waals surface area contributed by atoms with Crippen molar-refractivity contribution in [2.75, 3.05) is 26.7 Å². The Morgan fingerprint density at radius 3 is 2.54 bits per heavy atom. The molecule has 2 aromatic carbocycles. The Morgan fingerprint density at radius 2 is 1.86 bits per heavy atom. The molecule has 1 aromatic heterocycles. The van der Waals surface area contributed by atoms with Gasteiger partial charge >= 0.3 is 0 Å². The third-order valence-corrected chi connectivity index (χ3v) is 6.55. The van der Waals surface area contributed by atoms with Crippen LogP contribution in [0.4, 0.5) is 8.78 Å². The molecular weight excluding hydrogens is 480 g/mol. The molecule has 0 bridgehead atoms. The summed E-state index contributed by atoms with van der Waals surface area (Å²) < 4.78 is 33.7. The third-order valence-electron chi connectivity index (χ3n) is 6.55. The predicted octanol–water partition coefficient (Wildman–Crippen LogP) is 4.02. The van der Waals surface area contributed by atoms with Crippen molar-refractivity contribution < 1.29 is 28.2 Å². The largest absolute Gasteiger partial charge is 0.472 e. The fraction of sp³-hybridized carbons (Fsp3) is 0.321. The lowest BCUT2D eigenvalue weighted by Gasteiger charge is -2.37. The number of carbonyl (C=O) groups is 2. The number of hydrogen-bond acceptors (Lipinski definition) is 5. The number of amides is 2. The van der Waals surface area contributed by atoms with Gasteiger partial charge < -0.3 is 19.6 Å². The average molecular weight is 510 g/mol. The Hall–Kier alpha value is -3.85. The van der Waals surface area contributed by atoms with Crippen LogP contribution < -0.4 is 4.74 Å². The fourth-order valence-corrected chi connectivity index (χ4v) is 4.34. The van der Waals surface area contributed by atoms with E-state index in [4.69, 9.17) is 4.74 Å². The highest BCUT2D eigenvalue weighted by molar-refractivity contribution is 5.98. The van der Waals surface area contributed by atoms with Gasteiger partial charge in [0.05, 0.1) is 19.2 Å². The van der Waals surface area contributed by atoms with E-state index in [1.54, 1.807) is 43.1 Å². The van der Waals surface area contributed by atoms with Gasteiger partial charge in [0, 0.05) is 36.8 Å². The summed E-state index contributed by atoms with van der Waals surface area (Å²) in [6.07, 6.45) is 0.946. The molecule has 2 heterocycles. The summed E-state index contributed by atoms with van der Waals surface area (Å²) in [7, 11) is 1.60. The van der Waals surface area contributed by atoms with Gasteiger partial charge in [-0.3, -0.25) is 9.59 Å². The smallest absolute Gasteiger partial charge is 0.259 e. The first-order chi connectivity index (χ1) is 17.7. The lowest BCUT2D eigenvalue weighted by atomic mass is 9.99. The first kappa shape index (κ1) is 26.2. The zero-order chi connectivity index (χ0) is 26.7. The number of aliphatic hydroxyl groups excluding tert-OH is 1. The summed E-state index contributed by atoms with van der Waals surface area (Å²) in [5, 5.41) is 9.83. The van der Waals surface area contributed by atoms with Crippen molar-refractivity contribution in [3.63, 3.8) is 0 Å². The van der Waals surface area contributed by atoms with Gasteiger partial charge in [-0.1, -0.05) is 25.1 Å². The molecule has 9 heteroatoms. The Labute approximate surface area is 214 Å². The molecule has 2 amide bonds. The van der Waals surface area contributed by atoms with Crippen molar-refractivity contribution >= 4 is 11.8 Å². The minimum absolute atomic E-state index is 0.0865. The second-order valence-electron chi connectivity index (χ2n) is 9.41. The van der Waals surface area contributed by atoms with Crippen molar-refractivity contribution in [3.8, 4) is 17.0 Å². The zero-order valence-corrected chi connectivity index (χ0v) is 20.9. The predicted molar refractivity (Wildman–Crippen MR) is 134 cm³/mol. The number of halogens is 2. The maximum Gasteiger partial charge on any atom is 0.259 e. The molecule has 1 N–H and O–H groups in total. The van der Waals surface area contributed by atoms with Crippen LogP contribution in [-0.4, -0.2) is 70.6 Å². The van der Waals surface area contributed by atoms with Crippen LogP contribution in [0.3, 0.4) is 0 Å². The summed E-state index contributed by atoms with van der Waals surface area (Å²) in [5.41, 5.74) is 1.48. The van der Waals surface area contributed by atoms with E-state index >= 15 is 0 Å². The van der Waals surface area contributed by atoms with Crippen LogP contribution in [0.15, 0.2) is 60.8 Å². The number of fused-ring (bicyclic) bond motifs is 1. The Bertz CT molecular complexity index is 1300. The van der Waals surface area contributed by atoms with Crippen LogP contribution in [0.2, 0.25) is 0 Å². The topological polar surface area (TPSA) is 83.0 Å². The minimum atomic E-state index is -0.560. The molecule has 0 spiro atoms. The molecule has 194 valence electrons. The molecule has 0 aliphatic carbocycles. The first-order valence-corrected chi connectivity index (χ1v) is 12.0. The zero-order valence-electron chi connectivity index (χ0n) is 20.9. The summed E-state index contributed by atoms with van der Waals surface area (Å²) in [5.74, 6) is -1.81. The van der Waals surface area contributed by atoms with Crippen LogP contribution >= 0.6 is 0 Å². The van der Waals surface area contributed by atoms with Gasteiger partial charge in [-0.05, 0) is 48.9 Å². The fourth-order valence-electron chi connectivity index (χ4n) is 4.34. The number of nitrogens with zero attached hydrogens (tertiary/aromatic N) is 3. The molecular formula is C28H29F2N3O4. The van der Waals surface area contributed by atoms with E-state index in [2.05, 4.69) is 4.98 Å². The average Bonchev–Trinajstić information content (AvgIpc) is 2.89. The number of rotatable bonds is 6. The van der Waals surface area contributed by atoms with Gasteiger partial charge in [0.1, 0.15) is 23.3 Å². The molecule has 0 saturated carbocycles. The van der Waals surface area contributed by atoms with Crippen LogP contribution in [0, 0.1) is 17.6 Å². The standard InChI is InChI=1S/C28H29F2N3O4/c1-17-14-33(18(2)16-34)28(36)24-12-21(19-6-4-8-22(29)10-19)13-31-26(24)37-25(17)15-32(3)27(35)20-7-5-9-23(30)11-20/h4-13,17-18,25,34H,14-16H2,1-3H3/t17-,18-,25-/m1/s1.